The van der Waals surface area contributed by atoms with Crippen molar-refractivity contribution in [3.8, 4) is 5.75 Å². The number of amides is 1. The molecule has 0 aliphatic carbocycles. The van der Waals surface area contributed by atoms with Gasteiger partial charge in [-0.15, -0.1) is 0 Å². The van der Waals surface area contributed by atoms with Crippen LogP contribution in [0.3, 0.4) is 0 Å². The number of carbonyl (C=O) groups is 1. The SMILES string of the molecule is CC1(C)C/C(=C\C(N)=O)c2ccc(C(C)(F)F)cc2O1. The Bertz CT molecular complexity index is 586. The van der Waals surface area contributed by atoms with Crippen LogP contribution in [0.4, 0.5) is 8.78 Å². The van der Waals surface area contributed by atoms with Gasteiger partial charge < -0.3 is 10.5 Å². The average molecular weight is 281 g/mol. The summed E-state index contributed by atoms with van der Waals surface area (Å²) in [6.07, 6.45) is 1.82. The van der Waals surface area contributed by atoms with E-state index in [-0.39, 0.29) is 5.56 Å². The molecule has 0 aromatic heterocycles. The van der Waals surface area contributed by atoms with E-state index in [0.29, 0.717) is 23.3 Å². The van der Waals surface area contributed by atoms with Gasteiger partial charge in [-0.3, -0.25) is 4.79 Å². The van der Waals surface area contributed by atoms with Crippen molar-refractivity contribution in [3.05, 3.63) is 35.4 Å². The predicted octanol–water partition coefficient (Wildman–Crippen LogP) is 3.23. The molecule has 0 radical (unpaired) electrons. The van der Waals surface area contributed by atoms with Gasteiger partial charge in [0.25, 0.3) is 5.92 Å². The Morgan fingerprint density at radius 2 is 2.10 bits per heavy atom. The molecule has 108 valence electrons. The van der Waals surface area contributed by atoms with E-state index in [0.717, 1.165) is 6.92 Å². The molecule has 0 spiro atoms. The fourth-order valence-electron chi connectivity index (χ4n) is 2.33. The molecule has 5 heteroatoms. The fourth-order valence-corrected chi connectivity index (χ4v) is 2.33. The van der Waals surface area contributed by atoms with Crippen molar-refractivity contribution in [3.63, 3.8) is 0 Å². The Kier molecular flexibility index (Phi) is 3.32. The second-order valence-corrected chi connectivity index (χ2v) is 5.71. The van der Waals surface area contributed by atoms with Gasteiger partial charge in [-0.05, 0) is 25.5 Å². The van der Waals surface area contributed by atoms with Gasteiger partial charge in [0.15, 0.2) is 0 Å². The molecule has 1 heterocycles. The third-order valence-electron chi connectivity index (χ3n) is 3.15. The van der Waals surface area contributed by atoms with Gasteiger partial charge in [0.2, 0.25) is 5.91 Å². The second-order valence-electron chi connectivity index (χ2n) is 5.71. The number of primary amides is 1. The quantitative estimate of drug-likeness (QED) is 0.846. The van der Waals surface area contributed by atoms with E-state index in [1.165, 1.54) is 18.2 Å². The summed E-state index contributed by atoms with van der Waals surface area (Å²) in [6, 6.07) is 4.21. The number of alkyl halides is 2. The van der Waals surface area contributed by atoms with E-state index in [4.69, 9.17) is 10.5 Å². The number of fused-ring (bicyclic) bond motifs is 1. The maximum atomic E-state index is 13.4. The summed E-state index contributed by atoms with van der Waals surface area (Å²) in [5.74, 6) is -3.14. The van der Waals surface area contributed by atoms with Crippen molar-refractivity contribution in [1.82, 2.24) is 0 Å². The Hall–Kier alpha value is -1.91. The first-order valence-electron chi connectivity index (χ1n) is 6.30. The minimum absolute atomic E-state index is 0.118. The first-order chi connectivity index (χ1) is 9.08. The number of rotatable bonds is 2. The van der Waals surface area contributed by atoms with Crippen LogP contribution in [0.25, 0.3) is 5.57 Å². The summed E-state index contributed by atoms with van der Waals surface area (Å²) in [6.45, 7) is 4.51. The highest BCUT2D eigenvalue weighted by Gasteiger charge is 2.32. The van der Waals surface area contributed by atoms with Crippen LogP contribution < -0.4 is 10.5 Å². The third-order valence-corrected chi connectivity index (χ3v) is 3.15. The van der Waals surface area contributed by atoms with Crippen LogP contribution in [0, 0.1) is 0 Å². The van der Waals surface area contributed by atoms with Gasteiger partial charge in [0.05, 0.1) is 0 Å². The first-order valence-corrected chi connectivity index (χ1v) is 6.30. The van der Waals surface area contributed by atoms with E-state index in [1.54, 1.807) is 6.07 Å². The number of benzene rings is 1. The van der Waals surface area contributed by atoms with Gasteiger partial charge in [-0.2, -0.15) is 0 Å². The lowest BCUT2D eigenvalue weighted by Gasteiger charge is -2.34. The molecule has 0 saturated carbocycles. The van der Waals surface area contributed by atoms with Gasteiger partial charge >= 0.3 is 0 Å². The van der Waals surface area contributed by atoms with Gasteiger partial charge in [0, 0.05) is 30.5 Å². The zero-order valence-corrected chi connectivity index (χ0v) is 11.7. The van der Waals surface area contributed by atoms with Gasteiger partial charge in [-0.25, -0.2) is 8.78 Å². The van der Waals surface area contributed by atoms with Crippen LogP contribution in [0.1, 0.15) is 38.3 Å². The van der Waals surface area contributed by atoms with E-state index >= 15 is 0 Å². The lowest BCUT2D eigenvalue weighted by atomic mass is 9.88. The maximum Gasteiger partial charge on any atom is 0.270 e. The molecule has 1 aliphatic heterocycles. The van der Waals surface area contributed by atoms with E-state index in [2.05, 4.69) is 0 Å². The van der Waals surface area contributed by atoms with Crippen molar-refractivity contribution in [2.75, 3.05) is 0 Å². The van der Waals surface area contributed by atoms with Crippen LogP contribution >= 0.6 is 0 Å². The average Bonchev–Trinajstić information content (AvgIpc) is 2.24. The summed E-state index contributed by atoms with van der Waals surface area (Å²) >= 11 is 0. The van der Waals surface area contributed by atoms with E-state index in [9.17, 15) is 13.6 Å². The Balaban J connectivity index is 2.56. The maximum absolute atomic E-state index is 13.4. The van der Waals surface area contributed by atoms with Gasteiger partial charge in [0.1, 0.15) is 11.4 Å². The summed E-state index contributed by atoms with van der Waals surface area (Å²) < 4.78 is 32.5. The van der Waals surface area contributed by atoms with Crippen molar-refractivity contribution < 1.29 is 18.3 Å². The predicted molar refractivity (Wildman–Crippen MR) is 72.5 cm³/mol. The highest BCUT2D eigenvalue weighted by atomic mass is 19.3. The number of nitrogens with two attached hydrogens (primary N) is 1. The summed E-state index contributed by atoms with van der Waals surface area (Å²) in [5, 5.41) is 0. The van der Waals surface area contributed by atoms with Crippen molar-refractivity contribution in [1.29, 1.82) is 0 Å². The highest BCUT2D eigenvalue weighted by molar-refractivity contribution is 5.95. The molecule has 2 N–H and O–H groups in total. The van der Waals surface area contributed by atoms with Gasteiger partial charge in [-0.1, -0.05) is 12.1 Å². The molecule has 0 bridgehead atoms. The second kappa shape index (κ2) is 4.58. The Morgan fingerprint density at radius 1 is 1.45 bits per heavy atom. The summed E-state index contributed by atoms with van der Waals surface area (Å²) in [5.41, 5.74) is 5.84. The van der Waals surface area contributed by atoms with Crippen LogP contribution in [0.5, 0.6) is 5.75 Å². The van der Waals surface area contributed by atoms with E-state index < -0.39 is 17.4 Å². The lowest BCUT2D eigenvalue weighted by Crippen LogP contribution is -2.32. The molecule has 1 aromatic carbocycles. The largest absolute Gasteiger partial charge is 0.487 e. The topological polar surface area (TPSA) is 52.3 Å². The molecule has 1 aromatic rings. The molecule has 20 heavy (non-hydrogen) atoms. The van der Waals surface area contributed by atoms with Crippen LogP contribution in [-0.2, 0) is 10.7 Å². The molecular formula is C15H17F2NO2. The molecule has 1 aliphatic rings. The molecule has 0 unspecified atom stereocenters. The molecule has 0 saturated heterocycles. The van der Waals surface area contributed by atoms with Crippen molar-refractivity contribution in [2.45, 2.75) is 38.7 Å². The zero-order chi connectivity index (χ0) is 15.1. The van der Waals surface area contributed by atoms with E-state index in [1.807, 2.05) is 13.8 Å². The molecular weight excluding hydrogens is 264 g/mol. The fraction of sp³-hybridized carbons (Fsp3) is 0.400. The van der Waals surface area contributed by atoms with Crippen molar-refractivity contribution in [2.24, 2.45) is 5.73 Å². The number of ether oxygens (including phenoxy) is 1. The number of carbonyl (C=O) groups excluding carboxylic acids is 1. The normalized spacial score (nSPS) is 19.4. The van der Waals surface area contributed by atoms with Crippen molar-refractivity contribution >= 4 is 11.5 Å². The van der Waals surface area contributed by atoms with Crippen LogP contribution in [0.15, 0.2) is 24.3 Å². The third kappa shape index (κ3) is 2.98. The van der Waals surface area contributed by atoms with Crippen LogP contribution in [0.2, 0.25) is 0 Å². The monoisotopic (exact) mass is 281 g/mol. The molecule has 1 amide bonds. The molecule has 0 fully saturated rings. The zero-order valence-electron chi connectivity index (χ0n) is 11.7. The summed E-state index contributed by atoms with van der Waals surface area (Å²) in [4.78, 5) is 11.1. The Morgan fingerprint density at radius 3 is 2.65 bits per heavy atom. The Labute approximate surface area is 116 Å². The highest BCUT2D eigenvalue weighted by Crippen LogP contribution is 2.42. The smallest absolute Gasteiger partial charge is 0.270 e. The van der Waals surface area contributed by atoms with Crippen LogP contribution in [-0.4, -0.2) is 11.5 Å². The number of halogens is 2. The molecule has 0 atom stereocenters. The molecule has 3 nitrogen and oxygen atoms in total. The minimum Gasteiger partial charge on any atom is -0.487 e. The summed E-state index contributed by atoms with van der Waals surface area (Å²) in [7, 11) is 0. The number of hydrogen-bond acceptors (Lipinski definition) is 2. The lowest BCUT2D eigenvalue weighted by molar-refractivity contribution is -0.113. The first kappa shape index (κ1) is 14.5. The minimum atomic E-state index is -2.94. The molecule has 2 rings (SSSR count). The standard InChI is InChI=1S/C15H17F2NO2/c1-14(2)8-9(6-13(18)19)11-5-4-10(15(3,16)17)7-12(11)20-14/h4-7H,8H2,1-3H3,(H2,18,19)/b9-6+. The number of hydrogen-bond donors (Lipinski definition) is 1.